The van der Waals surface area contributed by atoms with Gasteiger partial charge in [0.25, 0.3) is 0 Å². The molecule has 4 heteroatoms. The van der Waals surface area contributed by atoms with Crippen molar-refractivity contribution in [1.82, 2.24) is 0 Å². The Morgan fingerprint density at radius 3 is 2.57 bits per heavy atom. The molecule has 0 amide bonds. The van der Waals surface area contributed by atoms with Gasteiger partial charge in [0.15, 0.2) is 24.0 Å². The van der Waals surface area contributed by atoms with E-state index in [2.05, 4.69) is 0 Å². The van der Waals surface area contributed by atoms with Crippen molar-refractivity contribution in [3.63, 3.8) is 0 Å². The summed E-state index contributed by atoms with van der Waals surface area (Å²) in [5.74, 6) is -0.0631. The fourth-order valence-corrected chi connectivity index (χ4v) is 1.95. The van der Waals surface area contributed by atoms with E-state index in [0.29, 0.717) is 5.75 Å². The molecule has 2 rings (SSSR count). The van der Waals surface area contributed by atoms with Crippen LogP contribution in [0.15, 0.2) is 36.4 Å². The van der Waals surface area contributed by atoms with Gasteiger partial charge in [-0.3, -0.25) is 4.79 Å². The third kappa shape index (κ3) is 3.40. The van der Waals surface area contributed by atoms with Crippen LogP contribution in [0.2, 0.25) is 0 Å². The second-order valence-corrected chi connectivity index (χ2v) is 4.76. The molecular formula is C17H17FO3. The summed E-state index contributed by atoms with van der Waals surface area (Å²) in [6.07, 6.45) is 0. The van der Waals surface area contributed by atoms with Crippen molar-refractivity contribution < 1.29 is 18.7 Å². The Hall–Kier alpha value is -2.36. The van der Waals surface area contributed by atoms with E-state index in [4.69, 9.17) is 9.47 Å². The number of halogens is 1. The number of aryl methyl sites for hydroxylation is 1. The monoisotopic (exact) mass is 288 g/mol. The zero-order valence-corrected chi connectivity index (χ0v) is 12.3. The highest BCUT2D eigenvalue weighted by Crippen LogP contribution is 2.21. The maximum Gasteiger partial charge on any atom is 0.200 e. The molecule has 0 bridgehead atoms. The van der Waals surface area contributed by atoms with Crippen LogP contribution in [-0.4, -0.2) is 19.5 Å². The Morgan fingerprint density at radius 2 is 1.90 bits per heavy atom. The van der Waals surface area contributed by atoms with Gasteiger partial charge in [-0.2, -0.15) is 0 Å². The molecule has 0 aliphatic carbocycles. The molecule has 3 nitrogen and oxygen atoms in total. The normalized spacial score (nSPS) is 10.3. The van der Waals surface area contributed by atoms with Crippen molar-refractivity contribution >= 4 is 5.78 Å². The van der Waals surface area contributed by atoms with Crippen molar-refractivity contribution in [2.24, 2.45) is 0 Å². The maximum absolute atomic E-state index is 13.6. The van der Waals surface area contributed by atoms with E-state index in [1.807, 2.05) is 32.0 Å². The lowest BCUT2D eigenvalue weighted by molar-refractivity contribution is 0.0920. The van der Waals surface area contributed by atoms with Crippen LogP contribution >= 0.6 is 0 Å². The summed E-state index contributed by atoms with van der Waals surface area (Å²) in [5.41, 5.74) is 2.35. The lowest BCUT2D eigenvalue weighted by Crippen LogP contribution is -2.12. The number of methoxy groups -OCH3 is 1. The second-order valence-electron chi connectivity index (χ2n) is 4.76. The van der Waals surface area contributed by atoms with Crippen LogP contribution in [0, 0.1) is 19.7 Å². The van der Waals surface area contributed by atoms with Crippen LogP contribution in [-0.2, 0) is 0 Å². The van der Waals surface area contributed by atoms with E-state index in [1.54, 1.807) is 0 Å². The first-order valence-electron chi connectivity index (χ1n) is 6.58. The zero-order chi connectivity index (χ0) is 15.4. The molecule has 110 valence electrons. The first-order chi connectivity index (χ1) is 10.0. The molecular weight excluding hydrogens is 271 g/mol. The molecule has 0 saturated heterocycles. The van der Waals surface area contributed by atoms with E-state index in [0.717, 1.165) is 17.2 Å². The fourth-order valence-electron chi connectivity index (χ4n) is 1.95. The number of carbonyl (C=O) groups excluding carboxylic acids is 1. The summed E-state index contributed by atoms with van der Waals surface area (Å²) >= 11 is 0. The molecule has 2 aromatic rings. The summed E-state index contributed by atoms with van der Waals surface area (Å²) < 4.78 is 23.9. The van der Waals surface area contributed by atoms with Gasteiger partial charge in [-0.1, -0.05) is 12.1 Å². The van der Waals surface area contributed by atoms with Crippen molar-refractivity contribution in [1.29, 1.82) is 0 Å². The third-order valence-electron chi connectivity index (χ3n) is 3.39. The minimum atomic E-state index is -0.560. The largest absolute Gasteiger partial charge is 0.494 e. The number of ether oxygens (including phenoxy) is 2. The SMILES string of the molecule is COc1ccc(C(=O)COc2cccc(C)c2C)cc1F. The fraction of sp³-hybridized carbons (Fsp3) is 0.235. The minimum absolute atomic E-state index is 0.113. The minimum Gasteiger partial charge on any atom is -0.494 e. The molecule has 21 heavy (non-hydrogen) atoms. The molecule has 0 aliphatic heterocycles. The van der Waals surface area contributed by atoms with Gasteiger partial charge in [0.1, 0.15) is 5.75 Å². The highest BCUT2D eigenvalue weighted by atomic mass is 19.1. The summed E-state index contributed by atoms with van der Waals surface area (Å²) in [6, 6.07) is 9.77. The first kappa shape index (κ1) is 15.0. The number of carbonyl (C=O) groups is 1. The smallest absolute Gasteiger partial charge is 0.200 e. The number of hydrogen-bond donors (Lipinski definition) is 0. The predicted molar refractivity (Wildman–Crippen MR) is 78.7 cm³/mol. The van der Waals surface area contributed by atoms with Crippen LogP contribution in [0.1, 0.15) is 21.5 Å². The van der Waals surface area contributed by atoms with Gasteiger partial charge in [0, 0.05) is 5.56 Å². The van der Waals surface area contributed by atoms with E-state index in [9.17, 15) is 9.18 Å². The Morgan fingerprint density at radius 1 is 1.14 bits per heavy atom. The molecule has 0 saturated carbocycles. The van der Waals surface area contributed by atoms with Gasteiger partial charge in [0.05, 0.1) is 7.11 Å². The number of rotatable bonds is 5. The average Bonchev–Trinajstić information content (AvgIpc) is 2.48. The maximum atomic E-state index is 13.6. The lowest BCUT2D eigenvalue weighted by Gasteiger charge is -2.10. The topological polar surface area (TPSA) is 35.5 Å². The molecule has 0 aliphatic rings. The van der Waals surface area contributed by atoms with Gasteiger partial charge < -0.3 is 9.47 Å². The number of hydrogen-bond acceptors (Lipinski definition) is 3. The summed E-state index contributed by atoms with van der Waals surface area (Å²) in [5, 5.41) is 0. The predicted octanol–water partition coefficient (Wildman–Crippen LogP) is 3.71. The van der Waals surface area contributed by atoms with Crippen LogP contribution in [0.5, 0.6) is 11.5 Å². The molecule has 0 radical (unpaired) electrons. The van der Waals surface area contributed by atoms with Gasteiger partial charge in [0.2, 0.25) is 0 Å². The van der Waals surface area contributed by atoms with Crippen LogP contribution in [0.25, 0.3) is 0 Å². The first-order valence-corrected chi connectivity index (χ1v) is 6.58. The zero-order valence-electron chi connectivity index (χ0n) is 12.3. The van der Waals surface area contributed by atoms with Gasteiger partial charge >= 0.3 is 0 Å². The highest BCUT2D eigenvalue weighted by molar-refractivity contribution is 5.97. The molecule has 0 spiro atoms. The molecule has 0 unspecified atom stereocenters. The van der Waals surface area contributed by atoms with E-state index in [1.165, 1.54) is 19.2 Å². The molecule has 2 aromatic carbocycles. The van der Waals surface area contributed by atoms with Gasteiger partial charge in [-0.25, -0.2) is 4.39 Å². The number of Topliss-reactive ketones (excluding diaryl/α,β-unsaturated/α-hetero) is 1. The number of ketones is 1. The van der Waals surface area contributed by atoms with E-state index < -0.39 is 5.82 Å². The third-order valence-corrected chi connectivity index (χ3v) is 3.39. The van der Waals surface area contributed by atoms with Crippen molar-refractivity contribution in [2.75, 3.05) is 13.7 Å². The molecule has 0 fully saturated rings. The molecule has 0 heterocycles. The molecule has 0 N–H and O–H groups in total. The Bertz CT molecular complexity index is 665. The van der Waals surface area contributed by atoms with Crippen molar-refractivity contribution in [3.8, 4) is 11.5 Å². The molecule has 0 atom stereocenters. The van der Waals surface area contributed by atoms with Crippen molar-refractivity contribution in [3.05, 3.63) is 58.9 Å². The summed E-state index contributed by atoms with van der Waals surface area (Å²) in [4.78, 5) is 12.0. The number of benzene rings is 2. The average molecular weight is 288 g/mol. The quantitative estimate of drug-likeness (QED) is 0.787. The lowest BCUT2D eigenvalue weighted by atomic mass is 10.1. The second kappa shape index (κ2) is 6.39. The highest BCUT2D eigenvalue weighted by Gasteiger charge is 2.12. The van der Waals surface area contributed by atoms with Crippen LogP contribution < -0.4 is 9.47 Å². The van der Waals surface area contributed by atoms with Crippen LogP contribution in [0.3, 0.4) is 0 Å². The summed E-state index contributed by atoms with van der Waals surface area (Å²) in [7, 11) is 1.38. The van der Waals surface area contributed by atoms with E-state index >= 15 is 0 Å². The Kier molecular flexibility index (Phi) is 4.58. The van der Waals surface area contributed by atoms with Gasteiger partial charge in [-0.05, 0) is 49.2 Å². The van der Waals surface area contributed by atoms with E-state index in [-0.39, 0.29) is 23.7 Å². The van der Waals surface area contributed by atoms with Crippen molar-refractivity contribution in [2.45, 2.75) is 13.8 Å². The Labute approximate surface area is 123 Å². The summed E-state index contributed by atoms with van der Waals surface area (Å²) in [6.45, 7) is 3.78. The standard InChI is InChI=1S/C17H17FO3/c1-11-5-4-6-16(12(11)2)21-10-15(19)13-7-8-17(20-3)14(18)9-13/h4-9H,10H2,1-3H3. The molecule has 0 aromatic heterocycles. The van der Waals surface area contributed by atoms with Crippen LogP contribution in [0.4, 0.5) is 4.39 Å². The van der Waals surface area contributed by atoms with Gasteiger partial charge in [-0.15, -0.1) is 0 Å². The Balaban J connectivity index is 2.08.